The topological polar surface area (TPSA) is 76.9 Å². The maximum atomic E-state index is 12.8. The fourth-order valence-electron chi connectivity index (χ4n) is 3.16. The van der Waals surface area contributed by atoms with Gasteiger partial charge in [-0.3, -0.25) is 14.2 Å². The highest BCUT2D eigenvalue weighted by atomic mass is 32.2. The zero-order chi connectivity index (χ0) is 22.1. The summed E-state index contributed by atoms with van der Waals surface area (Å²) < 4.78 is 1.61. The number of hydrogen-bond acceptors (Lipinski definition) is 7. The lowest BCUT2D eigenvalue weighted by atomic mass is 10.2. The second-order valence-electron chi connectivity index (χ2n) is 7.28. The Morgan fingerprint density at radius 2 is 1.97 bits per heavy atom. The van der Waals surface area contributed by atoms with Crippen LogP contribution in [0.15, 0.2) is 39.6 Å². The Morgan fingerprint density at radius 3 is 2.74 bits per heavy atom. The molecule has 0 atom stereocenters. The summed E-state index contributed by atoms with van der Waals surface area (Å²) in [6.45, 7) is 5.95. The number of hydrogen-bond donors (Lipinski definition) is 1. The lowest BCUT2D eigenvalue weighted by Crippen LogP contribution is -2.19. The number of carbonyl (C=O) groups excluding carboxylic acids is 1. The number of para-hydroxylation sites is 1. The molecule has 0 spiro atoms. The summed E-state index contributed by atoms with van der Waals surface area (Å²) in [5.41, 5.74) is 3.72. The maximum Gasteiger partial charge on any atom is 0.262 e. The van der Waals surface area contributed by atoms with Crippen LogP contribution < -0.4 is 10.9 Å². The number of aryl methyl sites for hydroxylation is 3. The predicted octanol–water partition coefficient (Wildman–Crippen LogP) is 4.85. The first-order valence-corrected chi connectivity index (χ1v) is 12.4. The van der Waals surface area contributed by atoms with Gasteiger partial charge in [-0.15, -0.1) is 22.7 Å². The van der Waals surface area contributed by atoms with Crippen LogP contribution in [-0.2, 0) is 24.0 Å². The van der Waals surface area contributed by atoms with E-state index in [4.69, 9.17) is 4.98 Å². The molecule has 3 heterocycles. The van der Waals surface area contributed by atoms with Crippen molar-refractivity contribution in [3.63, 3.8) is 0 Å². The minimum atomic E-state index is -0.0826. The number of thioether (sulfide) groups is 1. The van der Waals surface area contributed by atoms with E-state index in [2.05, 4.69) is 10.3 Å². The van der Waals surface area contributed by atoms with Gasteiger partial charge >= 0.3 is 0 Å². The monoisotopic (exact) mass is 470 g/mol. The molecule has 0 aliphatic carbocycles. The van der Waals surface area contributed by atoms with E-state index in [1.807, 2.05) is 50.4 Å². The number of fused-ring (bicyclic) bond motifs is 1. The summed E-state index contributed by atoms with van der Waals surface area (Å²) in [5, 5.41) is 7.05. The van der Waals surface area contributed by atoms with Crippen LogP contribution in [0.3, 0.4) is 0 Å². The second kappa shape index (κ2) is 8.94. The Balaban J connectivity index is 1.43. The number of amides is 1. The van der Waals surface area contributed by atoms with Gasteiger partial charge in [-0.25, -0.2) is 9.97 Å². The number of carbonyl (C=O) groups is 1. The number of aromatic nitrogens is 3. The third kappa shape index (κ3) is 4.58. The minimum absolute atomic E-state index is 0.0128. The number of rotatable bonds is 6. The molecular formula is C22H22N4O2S3. The SMILES string of the molecule is Cc1ccccc1NC(=O)Cc1nc(CSc2nc3sc(C)c(C)c3c(=O)n2C)cs1. The van der Waals surface area contributed by atoms with Gasteiger partial charge in [-0.1, -0.05) is 30.0 Å². The van der Waals surface area contributed by atoms with Crippen LogP contribution in [-0.4, -0.2) is 20.4 Å². The number of thiazole rings is 1. The second-order valence-corrected chi connectivity index (χ2v) is 10.4. The molecule has 1 N–H and O–H groups in total. The van der Waals surface area contributed by atoms with Gasteiger partial charge in [0.15, 0.2) is 5.16 Å². The van der Waals surface area contributed by atoms with E-state index in [1.165, 1.54) is 23.1 Å². The van der Waals surface area contributed by atoms with Gasteiger partial charge in [-0.05, 0) is 38.0 Å². The summed E-state index contributed by atoms with van der Waals surface area (Å²) in [6, 6.07) is 7.70. The first kappa shape index (κ1) is 21.7. The molecular weight excluding hydrogens is 448 g/mol. The van der Waals surface area contributed by atoms with Gasteiger partial charge in [-0.2, -0.15) is 0 Å². The summed E-state index contributed by atoms with van der Waals surface area (Å²) in [5.74, 6) is 0.506. The van der Waals surface area contributed by atoms with Crippen molar-refractivity contribution in [3.8, 4) is 0 Å². The number of nitrogens with zero attached hydrogens (tertiary/aromatic N) is 3. The van der Waals surface area contributed by atoms with Crippen LogP contribution in [0.25, 0.3) is 10.2 Å². The zero-order valence-electron chi connectivity index (χ0n) is 17.7. The van der Waals surface area contributed by atoms with Crippen LogP contribution in [0.1, 0.15) is 26.7 Å². The minimum Gasteiger partial charge on any atom is -0.325 e. The Morgan fingerprint density at radius 1 is 1.19 bits per heavy atom. The molecule has 1 aromatic carbocycles. The molecule has 4 rings (SSSR count). The number of nitrogens with one attached hydrogen (secondary N) is 1. The van der Waals surface area contributed by atoms with Crippen molar-refractivity contribution < 1.29 is 4.79 Å². The molecule has 0 saturated heterocycles. The number of anilines is 1. The molecule has 4 aromatic rings. The molecule has 6 nitrogen and oxygen atoms in total. The van der Waals surface area contributed by atoms with E-state index in [-0.39, 0.29) is 17.9 Å². The highest BCUT2D eigenvalue weighted by molar-refractivity contribution is 7.98. The van der Waals surface area contributed by atoms with Crippen LogP contribution in [0, 0.1) is 20.8 Å². The average molecular weight is 471 g/mol. The van der Waals surface area contributed by atoms with Crippen molar-refractivity contribution in [2.75, 3.05) is 5.32 Å². The molecule has 1 amide bonds. The average Bonchev–Trinajstić information content (AvgIpc) is 3.29. The van der Waals surface area contributed by atoms with Gasteiger partial charge < -0.3 is 5.32 Å². The fraction of sp³-hybridized carbons (Fsp3) is 0.273. The Labute approximate surface area is 192 Å². The zero-order valence-corrected chi connectivity index (χ0v) is 20.1. The molecule has 0 radical (unpaired) electrons. The molecule has 160 valence electrons. The quantitative estimate of drug-likeness (QED) is 0.322. The standard InChI is InChI=1S/C22H22N4O2S3/c1-12-7-5-6-8-16(12)24-17(27)9-18-23-15(10-29-18)11-30-22-25-20-19(21(28)26(22)4)13(2)14(3)31-20/h5-8,10H,9,11H2,1-4H3,(H,24,27). The van der Waals surface area contributed by atoms with Gasteiger partial charge in [0.2, 0.25) is 5.91 Å². The molecule has 3 aromatic heterocycles. The van der Waals surface area contributed by atoms with Gasteiger partial charge in [0.25, 0.3) is 5.56 Å². The summed E-state index contributed by atoms with van der Waals surface area (Å²) >= 11 is 4.51. The lowest BCUT2D eigenvalue weighted by molar-refractivity contribution is -0.115. The molecule has 31 heavy (non-hydrogen) atoms. The first-order chi connectivity index (χ1) is 14.8. The molecule has 0 unspecified atom stereocenters. The summed E-state index contributed by atoms with van der Waals surface area (Å²) in [6.07, 6.45) is 0.236. The van der Waals surface area contributed by atoms with Gasteiger partial charge in [0.1, 0.15) is 9.84 Å². The smallest absolute Gasteiger partial charge is 0.262 e. The van der Waals surface area contributed by atoms with Crippen LogP contribution in [0.2, 0.25) is 0 Å². The van der Waals surface area contributed by atoms with Gasteiger partial charge in [0.05, 0.1) is 17.5 Å². The van der Waals surface area contributed by atoms with E-state index in [9.17, 15) is 9.59 Å². The molecule has 0 saturated carbocycles. The third-order valence-corrected chi connectivity index (χ3v) is 8.11. The van der Waals surface area contributed by atoms with Crippen LogP contribution >= 0.6 is 34.4 Å². The van der Waals surface area contributed by atoms with Gasteiger partial charge in [0, 0.05) is 28.7 Å². The summed E-state index contributed by atoms with van der Waals surface area (Å²) in [4.78, 5) is 36.3. The Kier molecular flexibility index (Phi) is 6.27. The molecule has 0 aliphatic heterocycles. The van der Waals surface area contributed by atoms with E-state index in [0.717, 1.165) is 37.2 Å². The largest absolute Gasteiger partial charge is 0.325 e. The third-order valence-electron chi connectivity index (χ3n) is 5.05. The first-order valence-electron chi connectivity index (χ1n) is 9.71. The Hall–Kier alpha value is -2.49. The maximum absolute atomic E-state index is 12.8. The fourth-order valence-corrected chi connectivity index (χ4v) is 6.00. The highest BCUT2D eigenvalue weighted by Gasteiger charge is 2.16. The normalized spacial score (nSPS) is 11.2. The van der Waals surface area contributed by atoms with E-state index >= 15 is 0 Å². The van der Waals surface area contributed by atoms with Crippen molar-refractivity contribution >= 4 is 56.2 Å². The Bertz CT molecular complexity index is 1340. The summed E-state index contributed by atoms with van der Waals surface area (Å²) in [7, 11) is 1.76. The number of benzene rings is 1. The van der Waals surface area contributed by atoms with E-state index in [0.29, 0.717) is 16.3 Å². The van der Waals surface area contributed by atoms with Crippen LogP contribution in [0.5, 0.6) is 0 Å². The van der Waals surface area contributed by atoms with E-state index < -0.39 is 0 Å². The van der Waals surface area contributed by atoms with Crippen LogP contribution in [0.4, 0.5) is 5.69 Å². The van der Waals surface area contributed by atoms with Crippen molar-refractivity contribution in [2.45, 2.75) is 38.1 Å². The van der Waals surface area contributed by atoms with Crippen molar-refractivity contribution in [1.82, 2.24) is 14.5 Å². The number of thiophene rings is 1. The predicted molar refractivity (Wildman–Crippen MR) is 130 cm³/mol. The lowest BCUT2D eigenvalue weighted by Gasteiger charge is -2.07. The molecule has 0 bridgehead atoms. The van der Waals surface area contributed by atoms with Crippen molar-refractivity contribution in [3.05, 3.63) is 66.7 Å². The highest BCUT2D eigenvalue weighted by Crippen LogP contribution is 2.29. The molecule has 9 heteroatoms. The molecule has 0 fully saturated rings. The van der Waals surface area contributed by atoms with E-state index in [1.54, 1.807) is 23.0 Å². The van der Waals surface area contributed by atoms with Crippen molar-refractivity contribution in [1.29, 1.82) is 0 Å². The van der Waals surface area contributed by atoms with Crippen molar-refractivity contribution in [2.24, 2.45) is 7.05 Å². The molecule has 0 aliphatic rings.